The van der Waals surface area contributed by atoms with Gasteiger partial charge in [0.15, 0.2) is 6.29 Å². The predicted octanol–water partition coefficient (Wildman–Crippen LogP) is 4.13. The Labute approximate surface area is 187 Å². The molecule has 0 amide bonds. The minimum absolute atomic E-state index is 0.396. The minimum atomic E-state index is -0.486. The number of hydrogen-bond acceptors (Lipinski definition) is 7. The van der Waals surface area contributed by atoms with Crippen LogP contribution < -0.4 is 9.64 Å². The number of nitrogens with zero attached hydrogens (tertiary/aromatic N) is 2. The quantitative estimate of drug-likeness (QED) is 0.494. The fourth-order valence-corrected chi connectivity index (χ4v) is 3.59. The summed E-state index contributed by atoms with van der Waals surface area (Å²) in [4.78, 5) is 18.3. The molecule has 0 unspecified atom stereocenters. The fourth-order valence-electron chi connectivity index (χ4n) is 3.59. The molecule has 32 heavy (non-hydrogen) atoms. The third kappa shape index (κ3) is 5.07. The lowest BCUT2D eigenvalue weighted by molar-refractivity contribution is -0.0464. The first-order chi connectivity index (χ1) is 15.7. The molecule has 7 heteroatoms. The van der Waals surface area contributed by atoms with E-state index in [1.54, 1.807) is 18.3 Å². The topological polar surface area (TPSA) is 70.1 Å². The molecule has 0 bridgehead atoms. The zero-order valence-electron chi connectivity index (χ0n) is 18.2. The lowest BCUT2D eigenvalue weighted by Crippen LogP contribution is -2.20. The number of rotatable bonds is 8. The second-order valence-electron chi connectivity index (χ2n) is 7.43. The predicted molar refractivity (Wildman–Crippen MR) is 120 cm³/mol. The highest BCUT2D eigenvalue weighted by molar-refractivity contribution is 5.90. The van der Waals surface area contributed by atoms with E-state index in [-0.39, 0.29) is 0 Å². The van der Waals surface area contributed by atoms with Crippen molar-refractivity contribution in [1.29, 1.82) is 0 Å². The average Bonchev–Trinajstić information content (AvgIpc) is 3.37. The van der Waals surface area contributed by atoms with Crippen molar-refractivity contribution in [3.63, 3.8) is 0 Å². The van der Waals surface area contributed by atoms with Crippen molar-refractivity contribution in [2.24, 2.45) is 0 Å². The standard InChI is InChI=1S/C25H26N2O5/c1-27(22-15-19(11-12-26-22)24(28)29-2)16-20-9-6-10-21(23(20)25-30-13-14-31-25)32-17-18-7-4-3-5-8-18/h3-12,15,25H,13-14,16-17H2,1-2H3. The van der Waals surface area contributed by atoms with Crippen LogP contribution in [0.4, 0.5) is 5.82 Å². The second-order valence-corrected chi connectivity index (χ2v) is 7.43. The van der Waals surface area contributed by atoms with Gasteiger partial charge in [-0.25, -0.2) is 9.78 Å². The molecular formula is C25H26N2O5. The maximum absolute atomic E-state index is 11.9. The summed E-state index contributed by atoms with van der Waals surface area (Å²) in [6.07, 6.45) is 1.11. The largest absolute Gasteiger partial charge is 0.488 e. The van der Waals surface area contributed by atoms with E-state index in [0.29, 0.717) is 37.7 Å². The summed E-state index contributed by atoms with van der Waals surface area (Å²) in [5.74, 6) is 0.984. The molecule has 2 aromatic carbocycles. The number of pyridine rings is 1. The Morgan fingerprint density at radius 2 is 1.88 bits per heavy atom. The summed E-state index contributed by atoms with van der Waals surface area (Å²) in [7, 11) is 3.28. The molecule has 0 spiro atoms. The maximum Gasteiger partial charge on any atom is 0.338 e. The molecule has 1 aromatic heterocycles. The second kappa shape index (κ2) is 10.3. The van der Waals surface area contributed by atoms with Crippen molar-refractivity contribution in [2.75, 3.05) is 32.3 Å². The number of methoxy groups -OCH3 is 1. The highest BCUT2D eigenvalue weighted by Gasteiger charge is 2.26. The zero-order valence-corrected chi connectivity index (χ0v) is 18.2. The summed E-state index contributed by atoms with van der Waals surface area (Å²) in [6, 6.07) is 19.3. The van der Waals surface area contributed by atoms with Crippen LogP contribution in [-0.2, 0) is 27.4 Å². The molecule has 0 aliphatic carbocycles. The maximum atomic E-state index is 11.9. The number of esters is 1. The molecule has 1 aliphatic rings. The van der Waals surface area contributed by atoms with Crippen molar-refractivity contribution in [1.82, 2.24) is 4.98 Å². The molecule has 4 rings (SSSR count). The number of aromatic nitrogens is 1. The van der Waals surface area contributed by atoms with Gasteiger partial charge in [0.2, 0.25) is 0 Å². The zero-order chi connectivity index (χ0) is 22.3. The highest BCUT2D eigenvalue weighted by atomic mass is 16.7. The van der Waals surface area contributed by atoms with Crippen LogP contribution in [-0.4, -0.2) is 38.3 Å². The van der Waals surface area contributed by atoms with Gasteiger partial charge in [0, 0.05) is 19.8 Å². The normalized spacial score (nSPS) is 13.7. The van der Waals surface area contributed by atoms with E-state index < -0.39 is 12.3 Å². The van der Waals surface area contributed by atoms with E-state index in [9.17, 15) is 4.79 Å². The van der Waals surface area contributed by atoms with Gasteiger partial charge in [0.05, 0.1) is 31.5 Å². The minimum Gasteiger partial charge on any atom is -0.488 e. The van der Waals surface area contributed by atoms with Gasteiger partial charge in [-0.3, -0.25) is 0 Å². The van der Waals surface area contributed by atoms with Crippen molar-refractivity contribution >= 4 is 11.8 Å². The Morgan fingerprint density at radius 1 is 1.09 bits per heavy atom. The van der Waals surface area contributed by atoms with Crippen molar-refractivity contribution in [3.8, 4) is 5.75 Å². The van der Waals surface area contributed by atoms with Crippen LogP contribution in [0.25, 0.3) is 0 Å². The van der Waals surface area contributed by atoms with E-state index in [1.165, 1.54) is 7.11 Å². The van der Waals surface area contributed by atoms with Gasteiger partial charge in [-0.1, -0.05) is 42.5 Å². The van der Waals surface area contributed by atoms with Crippen LogP contribution in [0.15, 0.2) is 66.9 Å². The number of ether oxygens (including phenoxy) is 4. The monoisotopic (exact) mass is 434 g/mol. The third-order valence-electron chi connectivity index (χ3n) is 5.22. The van der Waals surface area contributed by atoms with Gasteiger partial charge in [-0.15, -0.1) is 0 Å². The van der Waals surface area contributed by atoms with Crippen LogP contribution in [0, 0.1) is 0 Å². The molecule has 0 saturated carbocycles. The Balaban J connectivity index is 1.59. The summed E-state index contributed by atoms with van der Waals surface area (Å²) in [5.41, 5.74) is 3.40. The van der Waals surface area contributed by atoms with Gasteiger partial charge in [0.1, 0.15) is 18.2 Å². The van der Waals surface area contributed by atoms with Crippen LogP contribution in [0.2, 0.25) is 0 Å². The molecular weight excluding hydrogens is 408 g/mol. The van der Waals surface area contributed by atoms with Crippen molar-refractivity contribution in [2.45, 2.75) is 19.4 Å². The van der Waals surface area contributed by atoms with Crippen LogP contribution >= 0.6 is 0 Å². The van der Waals surface area contributed by atoms with Crippen molar-refractivity contribution in [3.05, 3.63) is 89.1 Å². The summed E-state index contributed by atoms with van der Waals surface area (Å²) in [6.45, 7) is 2.05. The van der Waals surface area contributed by atoms with Gasteiger partial charge in [-0.05, 0) is 29.3 Å². The van der Waals surface area contributed by atoms with Crippen LogP contribution in [0.1, 0.15) is 33.3 Å². The summed E-state index contributed by atoms with van der Waals surface area (Å²) >= 11 is 0. The van der Waals surface area contributed by atoms with Gasteiger partial charge in [0.25, 0.3) is 0 Å². The van der Waals surface area contributed by atoms with Crippen LogP contribution in [0.3, 0.4) is 0 Å². The molecule has 166 valence electrons. The molecule has 3 aromatic rings. The van der Waals surface area contributed by atoms with E-state index in [0.717, 1.165) is 22.4 Å². The lowest BCUT2D eigenvalue weighted by Gasteiger charge is -2.24. The first-order valence-corrected chi connectivity index (χ1v) is 10.4. The van der Waals surface area contributed by atoms with Gasteiger partial charge in [-0.2, -0.15) is 0 Å². The molecule has 0 N–H and O–H groups in total. The molecule has 0 atom stereocenters. The third-order valence-corrected chi connectivity index (χ3v) is 5.22. The van der Waals surface area contributed by atoms with Gasteiger partial charge < -0.3 is 23.8 Å². The summed E-state index contributed by atoms with van der Waals surface area (Å²) in [5, 5.41) is 0. The molecule has 2 heterocycles. The van der Waals surface area contributed by atoms with Crippen molar-refractivity contribution < 1.29 is 23.7 Å². The molecule has 0 radical (unpaired) electrons. The van der Waals surface area contributed by atoms with E-state index in [4.69, 9.17) is 18.9 Å². The number of carbonyl (C=O) groups excluding carboxylic acids is 1. The first-order valence-electron chi connectivity index (χ1n) is 10.4. The van der Waals surface area contributed by atoms with E-state index in [1.807, 2.05) is 60.5 Å². The molecule has 7 nitrogen and oxygen atoms in total. The highest BCUT2D eigenvalue weighted by Crippen LogP contribution is 2.35. The molecule has 1 saturated heterocycles. The number of benzene rings is 2. The first kappa shape index (κ1) is 21.8. The van der Waals surface area contributed by atoms with Gasteiger partial charge >= 0.3 is 5.97 Å². The Hall–Kier alpha value is -3.42. The Bertz CT molecular complexity index is 1050. The molecule has 1 fully saturated rings. The lowest BCUT2D eigenvalue weighted by atomic mass is 10.0. The molecule has 1 aliphatic heterocycles. The Kier molecular flexibility index (Phi) is 6.99. The summed E-state index contributed by atoms with van der Waals surface area (Å²) < 4.78 is 22.6. The number of hydrogen-bond donors (Lipinski definition) is 0. The number of anilines is 1. The smallest absolute Gasteiger partial charge is 0.338 e. The Morgan fingerprint density at radius 3 is 2.62 bits per heavy atom. The van der Waals surface area contributed by atoms with E-state index >= 15 is 0 Å². The van der Waals surface area contributed by atoms with E-state index in [2.05, 4.69) is 4.98 Å². The van der Waals surface area contributed by atoms with Crippen LogP contribution in [0.5, 0.6) is 5.75 Å². The SMILES string of the molecule is COC(=O)c1ccnc(N(C)Cc2cccc(OCc3ccccc3)c2C2OCCO2)c1. The average molecular weight is 434 g/mol. The number of carbonyl (C=O) groups is 1. The fraction of sp³-hybridized carbons (Fsp3) is 0.280.